The Balaban J connectivity index is 2.23. The van der Waals surface area contributed by atoms with Crippen molar-refractivity contribution in [1.82, 2.24) is 9.97 Å². The van der Waals surface area contributed by atoms with Gasteiger partial charge < -0.3 is 4.42 Å². The Morgan fingerprint density at radius 2 is 1.53 bits per heavy atom. The molecule has 0 fully saturated rings. The van der Waals surface area contributed by atoms with Gasteiger partial charge in [0.2, 0.25) is 5.71 Å². The number of hydrogen-bond donors (Lipinski definition) is 0. The lowest BCUT2D eigenvalue weighted by Gasteiger charge is -1.94. The van der Waals surface area contributed by atoms with Crippen molar-refractivity contribution in [1.29, 1.82) is 0 Å². The van der Waals surface area contributed by atoms with E-state index in [-0.39, 0.29) is 0 Å². The first-order valence-electron chi connectivity index (χ1n) is 6.12. The molecular weight excluding hydrogens is 236 g/mol. The fraction of sp³-hybridized carbons (Fsp3) is 0. The second kappa shape index (κ2) is 3.92. The zero-order valence-electron chi connectivity index (χ0n) is 10.1. The number of rotatable bonds is 0. The van der Waals surface area contributed by atoms with Crippen LogP contribution in [0.3, 0.4) is 0 Å². The van der Waals surface area contributed by atoms with Crippen molar-refractivity contribution >= 4 is 34.4 Å². The number of para-hydroxylation sites is 2. The van der Waals surface area contributed by atoms with Gasteiger partial charge in [-0.2, -0.15) is 0 Å². The SMILES string of the molecule is C1=C/C=c2\c(oc3nc4ccccc4nc23)=C/C=C1. The molecule has 0 saturated heterocycles. The Bertz CT molecular complexity index is 961. The van der Waals surface area contributed by atoms with E-state index in [1.807, 2.05) is 60.7 Å². The van der Waals surface area contributed by atoms with Gasteiger partial charge in [0.05, 0.1) is 11.0 Å². The molecule has 2 heterocycles. The normalized spacial score (nSPS) is 17.3. The lowest BCUT2D eigenvalue weighted by atomic mass is 10.2. The summed E-state index contributed by atoms with van der Waals surface area (Å²) in [5.74, 6) is 0. The third-order valence-corrected chi connectivity index (χ3v) is 3.11. The molecule has 3 aromatic rings. The maximum atomic E-state index is 5.79. The van der Waals surface area contributed by atoms with Gasteiger partial charge in [0, 0.05) is 5.22 Å². The predicted octanol–water partition coefficient (Wildman–Crippen LogP) is 2.06. The highest BCUT2D eigenvalue weighted by molar-refractivity contribution is 5.84. The van der Waals surface area contributed by atoms with Crippen LogP contribution in [-0.2, 0) is 0 Å². The number of nitrogens with zero attached hydrogens (tertiary/aromatic N) is 2. The van der Waals surface area contributed by atoms with Crippen LogP contribution in [0.2, 0.25) is 0 Å². The van der Waals surface area contributed by atoms with E-state index in [9.17, 15) is 0 Å². The number of aromatic nitrogens is 2. The molecule has 0 N–H and O–H groups in total. The zero-order chi connectivity index (χ0) is 12.7. The predicted molar refractivity (Wildman–Crippen MR) is 75.8 cm³/mol. The average molecular weight is 246 g/mol. The van der Waals surface area contributed by atoms with Gasteiger partial charge in [0.1, 0.15) is 10.9 Å². The molecular formula is C16H10N2O. The second-order valence-corrected chi connectivity index (χ2v) is 4.35. The van der Waals surface area contributed by atoms with E-state index in [0.29, 0.717) is 5.71 Å². The average Bonchev–Trinajstić information content (AvgIpc) is 2.72. The van der Waals surface area contributed by atoms with Crippen LogP contribution in [0, 0.1) is 0 Å². The molecule has 1 aliphatic rings. The van der Waals surface area contributed by atoms with E-state index in [2.05, 4.69) is 9.97 Å². The molecule has 4 rings (SSSR count). The van der Waals surface area contributed by atoms with Crippen molar-refractivity contribution in [3.05, 3.63) is 59.2 Å². The van der Waals surface area contributed by atoms with Crippen molar-refractivity contribution in [2.45, 2.75) is 0 Å². The lowest BCUT2D eigenvalue weighted by Crippen LogP contribution is -2.20. The van der Waals surface area contributed by atoms with Crippen LogP contribution in [0.15, 0.2) is 53.0 Å². The van der Waals surface area contributed by atoms with Crippen LogP contribution < -0.4 is 10.6 Å². The van der Waals surface area contributed by atoms with Crippen LogP contribution in [0.4, 0.5) is 0 Å². The summed E-state index contributed by atoms with van der Waals surface area (Å²) in [7, 11) is 0. The maximum absolute atomic E-state index is 5.79. The molecule has 0 radical (unpaired) electrons. The highest BCUT2D eigenvalue weighted by atomic mass is 16.3. The standard InChI is InChI=1S/C16H10N2O/c1-2-4-10-14-11(7-3-1)15-16(19-14)18-13-9-6-5-8-12(13)17-15/h1-10H/b2-1?,3-1?,4-2?,7-3?,10-4?,11-7+,14-10+. The van der Waals surface area contributed by atoms with Gasteiger partial charge >= 0.3 is 0 Å². The summed E-state index contributed by atoms with van der Waals surface area (Å²) in [6.45, 7) is 0. The van der Waals surface area contributed by atoms with Crippen molar-refractivity contribution in [2.24, 2.45) is 0 Å². The van der Waals surface area contributed by atoms with Gasteiger partial charge in [-0.25, -0.2) is 9.97 Å². The van der Waals surface area contributed by atoms with Crippen molar-refractivity contribution in [3.63, 3.8) is 0 Å². The Morgan fingerprint density at radius 1 is 0.789 bits per heavy atom. The third kappa shape index (κ3) is 1.59. The number of allylic oxidation sites excluding steroid dienone is 4. The fourth-order valence-electron chi connectivity index (χ4n) is 2.21. The second-order valence-electron chi connectivity index (χ2n) is 4.35. The van der Waals surface area contributed by atoms with E-state index < -0.39 is 0 Å². The molecule has 3 heteroatoms. The van der Waals surface area contributed by atoms with Crippen molar-refractivity contribution in [3.8, 4) is 0 Å². The first kappa shape index (κ1) is 10.3. The fourth-order valence-corrected chi connectivity index (χ4v) is 2.21. The molecule has 19 heavy (non-hydrogen) atoms. The first-order chi connectivity index (χ1) is 9.42. The molecule has 0 bridgehead atoms. The summed E-state index contributed by atoms with van der Waals surface area (Å²) in [6.07, 6.45) is 11.8. The Labute approximate surface area is 108 Å². The summed E-state index contributed by atoms with van der Waals surface area (Å²) < 4.78 is 5.79. The van der Waals surface area contributed by atoms with Gasteiger partial charge in [-0.3, -0.25) is 0 Å². The van der Waals surface area contributed by atoms with Crippen LogP contribution in [0.1, 0.15) is 0 Å². The summed E-state index contributed by atoms with van der Waals surface area (Å²) in [5.41, 5.74) is 3.92. The Hall–Kier alpha value is -2.68. The molecule has 90 valence electrons. The number of benzene rings is 1. The van der Waals surface area contributed by atoms with E-state index >= 15 is 0 Å². The molecule has 0 atom stereocenters. The van der Waals surface area contributed by atoms with E-state index in [1.165, 1.54) is 0 Å². The van der Waals surface area contributed by atoms with Gasteiger partial charge in [0.25, 0.3) is 0 Å². The molecule has 0 saturated carbocycles. The Kier molecular flexibility index (Phi) is 2.12. The van der Waals surface area contributed by atoms with E-state index in [0.717, 1.165) is 27.2 Å². The number of hydrogen-bond acceptors (Lipinski definition) is 3. The van der Waals surface area contributed by atoms with Crippen LogP contribution in [0.5, 0.6) is 0 Å². The maximum Gasteiger partial charge on any atom is 0.246 e. The summed E-state index contributed by atoms with van der Waals surface area (Å²) >= 11 is 0. The van der Waals surface area contributed by atoms with Gasteiger partial charge in [-0.1, -0.05) is 36.4 Å². The van der Waals surface area contributed by atoms with Crippen molar-refractivity contribution < 1.29 is 4.42 Å². The van der Waals surface area contributed by atoms with Gasteiger partial charge in [-0.05, 0) is 24.3 Å². The summed E-state index contributed by atoms with van der Waals surface area (Å²) in [6, 6.07) is 7.81. The smallest absolute Gasteiger partial charge is 0.246 e. The topological polar surface area (TPSA) is 38.9 Å². The molecule has 0 unspecified atom stereocenters. The quantitative estimate of drug-likeness (QED) is 0.609. The largest absolute Gasteiger partial charge is 0.436 e. The van der Waals surface area contributed by atoms with Crippen molar-refractivity contribution in [2.75, 3.05) is 0 Å². The molecule has 1 aliphatic carbocycles. The Morgan fingerprint density at radius 3 is 2.37 bits per heavy atom. The molecule has 0 aliphatic heterocycles. The lowest BCUT2D eigenvalue weighted by molar-refractivity contribution is 0.565. The van der Waals surface area contributed by atoms with Crippen LogP contribution in [-0.4, -0.2) is 9.97 Å². The first-order valence-corrected chi connectivity index (χ1v) is 6.12. The number of fused-ring (bicyclic) bond motifs is 4. The summed E-state index contributed by atoms with van der Waals surface area (Å²) in [5, 5.41) is 0.980. The van der Waals surface area contributed by atoms with Crippen LogP contribution in [0.25, 0.3) is 34.4 Å². The van der Waals surface area contributed by atoms with Crippen LogP contribution >= 0.6 is 0 Å². The number of furan rings is 1. The van der Waals surface area contributed by atoms with Gasteiger partial charge in [-0.15, -0.1) is 0 Å². The molecule has 2 aromatic heterocycles. The van der Waals surface area contributed by atoms with E-state index in [1.54, 1.807) is 0 Å². The molecule has 0 amide bonds. The summed E-state index contributed by atoms with van der Waals surface area (Å²) in [4.78, 5) is 9.18. The minimum Gasteiger partial charge on any atom is -0.436 e. The molecule has 3 nitrogen and oxygen atoms in total. The monoisotopic (exact) mass is 246 g/mol. The molecule has 1 aromatic carbocycles. The third-order valence-electron chi connectivity index (χ3n) is 3.11. The van der Waals surface area contributed by atoms with Gasteiger partial charge in [0.15, 0.2) is 0 Å². The minimum atomic E-state index is 0.583. The highest BCUT2D eigenvalue weighted by Gasteiger charge is 2.07. The molecule has 0 spiro atoms. The van der Waals surface area contributed by atoms with E-state index in [4.69, 9.17) is 4.42 Å². The zero-order valence-corrected chi connectivity index (χ0v) is 10.1. The highest BCUT2D eigenvalue weighted by Crippen LogP contribution is 2.12. The minimum absolute atomic E-state index is 0.583.